The summed E-state index contributed by atoms with van der Waals surface area (Å²) < 4.78 is 0. The van der Waals surface area contributed by atoms with Gasteiger partial charge in [0.2, 0.25) is 0 Å². The fraction of sp³-hybridized carbons (Fsp3) is 0.231. The molecule has 0 bridgehead atoms. The fourth-order valence-corrected chi connectivity index (χ4v) is 1.75. The van der Waals surface area contributed by atoms with Crippen LogP contribution in [0.4, 0.5) is 10.5 Å². The van der Waals surface area contributed by atoms with E-state index in [0.717, 1.165) is 16.7 Å². The number of allylic oxidation sites excluding steroid dienone is 1. The van der Waals surface area contributed by atoms with Crippen LogP contribution in [0.25, 0.3) is 0 Å². The first kappa shape index (κ1) is 12.5. The molecule has 1 aromatic rings. The minimum Gasteiger partial charge on any atom is -0.315 e. The molecule has 0 aromatic heterocycles. The monoisotopic (exact) mass is 259 g/mol. The minimum absolute atomic E-state index is 0.257. The van der Waals surface area contributed by atoms with Gasteiger partial charge in [-0.25, -0.2) is 4.79 Å². The SMILES string of the molecule is N#CSc1ccc(NC(=O)N/C=C/C2CC2)cc1. The topological polar surface area (TPSA) is 64.9 Å². The van der Waals surface area contributed by atoms with E-state index in [-0.39, 0.29) is 6.03 Å². The fourth-order valence-electron chi connectivity index (χ4n) is 1.37. The van der Waals surface area contributed by atoms with Crippen LogP contribution in [0.1, 0.15) is 12.8 Å². The average Bonchev–Trinajstić information content (AvgIpc) is 3.16. The van der Waals surface area contributed by atoms with Crippen molar-refractivity contribution in [3.8, 4) is 5.40 Å². The summed E-state index contributed by atoms with van der Waals surface area (Å²) in [5.74, 6) is 0.646. The molecule has 1 aliphatic rings. The molecule has 0 aliphatic heterocycles. The predicted molar refractivity (Wildman–Crippen MR) is 71.9 cm³/mol. The number of nitriles is 1. The molecular weight excluding hydrogens is 246 g/mol. The normalized spacial score (nSPS) is 14.2. The molecule has 0 saturated heterocycles. The molecule has 92 valence electrons. The van der Waals surface area contributed by atoms with E-state index in [9.17, 15) is 4.79 Å². The smallest absolute Gasteiger partial charge is 0.315 e. The minimum atomic E-state index is -0.257. The Kier molecular flexibility index (Phi) is 4.26. The van der Waals surface area contributed by atoms with Crippen molar-refractivity contribution in [2.75, 3.05) is 5.32 Å². The van der Waals surface area contributed by atoms with Crippen molar-refractivity contribution >= 4 is 23.5 Å². The van der Waals surface area contributed by atoms with Gasteiger partial charge in [-0.05, 0) is 54.8 Å². The molecule has 2 N–H and O–H groups in total. The molecule has 1 saturated carbocycles. The van der Waals surface area contributed by atoms with Crippen LogP contribution in [-0.4, -0.2) is 6.03 Å². The molecule has 1 aromatic carbocycles. The molecule has 1 aliphatic carbocycles. The first-order chi connectivity index (χ1) is 8.78. The summed E-state index contributed by atoms with van der Waals surface area (Å²) in [5.41, 5.74) is 0.703. The van der Waals surface area contributed by atoms with Gasteiger partial charge in [0.25, 0.3) is 0 Å². The number of carbonyl (C=O) groups excluding carboxylic acids is 1. The number of hydrogen-bond acceptors (Lipinski definition) is 3. The Morgan fingerprint density at radius 3 is 2.72 bits per heavy atom. The van der Waals surface area contributed by atoms with Crippen LogP contribution >= 0.6 is 11.8 Å². The number of nitrogens with one attached hydrogen (secondary N) is 2. The number of amides is 2. The van der Waals surface area contributed by atoms with Gasteiger partial charge in [0.15, 0.2) is 0 Å². The van der Waals surface area contributed by atoms with Gasteiger partial charge in [-0.15, -0.1) is 0 Å². The van der Waals surface area contributed by atoms with Gasteiger partial charge in [0.05, 0.1) is 0 Å². The van der Waals surface area contributed by atoms with Gasteiger partial charge >= 0.3 is 6.03 Å². The number of thioether (sulfide) groups is 1. The highest BCUT2D eigenvalue weighted by Crippen LogP contribution is 2.29. The van der Waals surface area contributed by atoms with Crippen molar-refractivity contribution in [3.63, 3.8) is 0 Å². The van der Waals surface area contributed by atoms with Crippen molar-refractivity contribution in [2.24, 2.45) is 5.92 Å². The number of rotatable bonds is 4. The molecule has 4 nitrogen and oxygen atoms in total. The lowest BCUT2D eigenvalue weighted by molar-refractivity contribution is 0.255. The van der Waals surface area contributed by atoms with Crippen molar-refractivity contribution in [3.05, 3.63) is 36.5 Å². The molecule has 1 fully saturated rings. The summed E-state index contributed by atoms with van der Waals surface area (Å²) in [6.45, 7) is 0. The Labute approximate surface area is 110 Å². The standard InChI is InChI=1S/C13H13N3OS/c14-9-18-12-5-3-11(4-6-12)16-13(17)15-8-7-10-1-2-10/h3-8,10H,1-2H2,(H2,15,16,17)/b8-7+. The van der Waals surface area contributed by atoms with Crippen LogP contribution in [0.15, 0.2) is 41.4 Å². The number of nitrogens with zero attached hydrogens (tertiary/aromatic N) is 1. The molecule has 2 amide bonds. The summed E-state index contributed by atoms with van der Waals surface area (Å²) >= 11 is 1.09. The van der Waals surface area contributed by atoms with Crippen LogP contribution in [0.5, 0.6) is 0 Å². The van der Waals surface area contributed by atoms with Crippen LogP contribution in [0.3, 0.4) is 0 Å². The van der Waals surface area contributed by atoms with Crippen LogP contribution in [0.2, 0.25) is 0 Å². The lowest BCUT2D eigenvalue weighted by Gasteiger charge is -2.04. The molecule has 0 spiro atoms. The van der Waals surface area contributed by atoms with Gasteiger partial charge in [-0.1, -0.05) is 6.08 Å². The van der Waals surface area contributed by atoms with Crippen LogP contribution in [-0.2, 0) is 0 Å². The van der Waals surface area contributed by atoms with Crippen LogP contribution < -0.4 is 10.6 Å². The number of benzene rings is 1. The Balaban J connectivity index is 1.80. The van der Waals surface area contributed by atoms with Gasteiger partial charge in [-0.2, -0.15) is 5.26 Å². The lowest BCUT2D eigenvalue weighted by atomic mass is 10.3. The molecule has 0 heterocycles. The molecule has 0 unspecified atom stereocenters. The van der Waals surface area contributed by atoms with Crippen molar-refractivity contribution in [2.45, 2.75) is 17.7 Å². The van der Waals surface area contributed by atoms with Crippen molar-refractivity contribution in [1.29, 1.82) is 5.26 Å². The van der Waals surface area contributed by atoms with Gasteiger partial charge in [0.1, 0.15) is 5.40 Å². The zero-order valence-electron chi connectivity index (χ0n) is 9.72. The van der Waals surface area contributed by atoms with E-state index in [4.69, 9.17) is 5.26 Å². The predicted octanol–water partition coefficient (Wildman–Crippen LogP) is 3.30. The first-order valence-electron chi connectivity index (χ1n) is 5.68. The van der Waals surface area contributed by atoms with E-state index >= 15 is 0 Å². The molecule has 0 radical (unpaired) electrons. The zero-order valence-corrected chi connectivity index (χ0v) is 10.5. The number of thiocyanates is 1. The van der Waals surface area contributed by atoms with Crippen LogP contribution in [0, 0.1) is 16.6 Å². The highest BCUT2D eigenvalue weighted by molar-refractivity contribution is 8.03. The van der Waals surface area contributed by atoms with E-state index in [1.165, 1.54) is 12.8 Å². The summed E-state index contributed by atoms with van der Waals surface area (Å²) in [6.07, 6.45) is 6.13. The number of carbonyl (C=O) groups is 1. The summed E-state index contributed by atoms with van der Waals surface area (Å²) in [4.78, 5) is 12.4. The maximum atomic E-state index is 11.5. The first-order valence-corrected chi connectivity index (χ1v) is 6.50. The Hall–Kier alpha value is -1.93. The molecule has 18 heavy (non-hydrogen) atoms. The highest BCUT2D eigenvalue weighted by Gasteiger charge is 2.16. The number of urea groups is 1. The Bertz CT molecular complexity index is 486. The van der Waals surface area contributed by atoms with E-state index in [1.807, 2.05) is 11.5 Å². The Morgan fingerprint density at radius 1 is 1.39 bits per heavy atom. The molecular formula is C13H13N3OS. The Morgan fingerprint density at radius 2 is 2.11 bits per heavy atom. The third-order valence-electron chi connectivity index (χ3n) is 2.48. The lowest BCUT2D eigenvalue weighted by Crippen LogP contribution is -2.23. The molecule has 2 rings (SSSR count). The maximum absolute atomic E-state index is 11.5. The van der Waals surface area contributed by atoms with Crippen molar-refractivity contribution < 1.29 is 4.79 Å². The largest absolute Gasteiger partial charge is 0.323 e. The summed E-state index contributed by atoms with van der Waals surface area (Å²) in [6, 6.07) is 6.87. The van der Waals surface area contributed by atoms with Gasteiger partial charge < -0.3 is 10.6 Å². The summed E-state index contributed by atoms with van der Waals surface area (Å²) in [5, 5.41) is 15.9. The van der Waals surface area contributed by atoms with Gasteiger partial charge in [-0.3, -0.25) is 0 Å². The highest BCUT2D eigenvalue weighted by atomic mass is 32.2. The number of hydrogen-bond donors (Lipinski definition) is 2. The quantitative estimate of drug-likeness (QED) is 0.644. The van der Waals surface area contributed by atoms with E-state index < -0.39 is 0 Å². The van der Waals surface area contributed by atoms with Gasteiger partial charge in [0, 0.05) is 16.8 Å². The van der Waals surface area contributed by atoms with E-state index in [2.05, 4.69) is 10.6 Å². The second-order valence-corrected chi connectivity index (χ2v) is 4.87. The van der Waals surface area contributed by atoms with E-state index in [1.54, 1.807) is 30.5 Å². The zero-order chi connectivity index (χ0) is 12.8. The average molecular weight is 259 g/mol. The molecule has 0 atom stereocenters. The second-order valence-electron chi connectivity index (χ2n) is 4.01. The third-order valence-corrected chi connectivity index (χ3v) is 3.08. The van der Waals surface area contributed by atoms with Crippen molar-refractivity contribution in [1.82, 2.24) is 5.32 Å². The van der Waals surface area contributed by atoms with E-state index in [0.29, 0.717) is 11.6 Å². The second kappa shape index (κ2) is 6.12. The summed E-state index contributed by atoms with van der Waals surface area (Å²) in [7, 11) is 0. The number of anilines is 1. The maximum Gasteiger partial charge on any atom is 0.323 e. The third kappa shape index (κ3) is 4.15. The molecule has 5 heteroatoms.